The minimum atomic E-state index is -1.15. The van der Waals surface area contributed by atoms with Gasteiger partial charge in [-0.3, -0.25) is 9.69 Å². The number of fused-ring (bicyclic) bond motifs is 3. The van der Waals surface area contributed by atoms with E-state index >= 15 is 0 Å². The Labute approximate surface area is 179 Å². The van der Waals surface area contributed by atoms with Crippen LogP contribution in [0.2, 0.25) is 0 Å². The van der Waals surface area contributed by atoms with Gasteiger partial charge in [-0.05, 0) is 40.3 Å². The van der Waals surface area contributed by atoms with Crippen LogP contribution in [-0.2, 0) is 16.0 Å². The fourth-order valence-corrected chi connectivity index (χ4v) is 4.04. The summed E-state index contributed by atoms with van der Waals surface area (Å²) in [6.07, 6.45) is -0.523. The Hall–Kier alpha value is -3.67. The molecule has 0 spiro atoms. The second-order valence-corrected chi connectivity index (χ2v) is 7.46. The highest BCUT2D eigenvalue weighted by molar-refractivity contribution is 5.79. The number of rotatable bonds is 7. The molecule has 158 valence electrons. The average Bonchev–Trinajstić information content (AvgIpc) is 3.09. The molecule has 6 heteroatoms. The maximum Gasteiger partial charge on any atom is 0.410 e. The highest BCUT2D eigenvalue weighted by Gasteiger charge is 2.30. The number of hydrogen-bond donors (Lipinski definition) is 1. The lowest BCUT2D eigenvalue weighted by Crippen LogP contribution is -2.38. The van der Waals surface area contributed by atoms with E-state index in [9.17, 15) is 19.1 Å². The van der Waals surface area contributed by atoms with E-state index in [1.165, 1.54) is 6.07 Å². The smallest absolute Gasteiger partial charge is 0.410 e. The number of aliphatic carboxylic acids is 1. The highest BCUT2D eigenvalue weighted by atomic mass is 19.1. The summed E-state index contributed by atoms with van der Waals surface area (Å²) in [4.78, 5) is 25.1. The van der Waals surface area contributed by atoms with Crippen LogP contribution >= 0.6 is 0 Å². The van der Waals surface area contributed by atoms with Crippen molar-refractivity contribution < 1.29 is 23.8 Å². The molecule has 0 atom stereocenters. The van der Waals surface area contributed by atoms with Crippen LogP contribution in [0.4, 0.5) is 9.18 Å². The van der Waals surface area contributed by atoms with Crippen molar-refractivity contribution >= 4 is 12.1 Å². The highest BCUT2D eigenvalue weighted by Crippen LogP contribution is 2.44. The van der Waals surface area contributed by atoms with Crippen LogP contribution in [0.25, 0.3) is 11.1 Å². The Morgan fingerprint density at radius 2 is 1.48 bits per heavy atom. The first-order valence-corrected chi connectivity index (χ1v) is 10.1. The van der Waals surface area contributed by atoms with E-state index in [0.29, 0.717) is 5.56 Å². The van der Waals surface area contributed by atoms with Crippen LogP contribution in [0.1, 0.15) is 22.6 Å². The molecule has 3 aromatic carbocycles. The van der Waals surface area contributed by atoms with E-state index in [2.05, 4.69) is 0 Å². The normalized spacial score (nSPS) is 12.2. The number of benzene rings is 3. The Morgan fingerprint density at radius 1 is 0.903 bits per heavy atom. The summed E-state index contributed by atoms with van der Waals surface area (Å²) in [5.74, 6) is -1.65. The summed E-state index contributed by atoms with van der Waals surface area (Å²) in [6.45, 7) is -0.363. The number of carboxylic acids is 1. The Kier molecular flexibility index (Phi) is 5.98. The molecule has 31 heavy (non-hydrogen) atoms. The number of halogens is 1. The van der Waals surface area contributed by atoms with Crippen LogP contribution in [0.15, 0.2) is 72.8 Å². The van der Waals surface area contributed by atoms with Gasteiger partial charge in [-0.1, -0.05) is 66.7 Å². The quantitative estimate of drug-likeness (QED) is 0.603. The zero-order valence-corrected chi connectivity index (χ0v) is 16.8. The molecule has 3 aromatic rings. The molecule has 1 aliphatic carbocycles. The SMILES string of the molecule is O=C(O)CN(CCc1ccccc1F)C(=O)OCC1c2ccccc2-c2ccccc21. The van der Waals surface area contributed by atoms with Gasteiger partial charge in [0.15, 0.2) is 0 Å². The molecule has 0 saturated heterocycles. The van der Waals surface area contributed by atoms with Crippen LogP contribution in [0.5, 0.6) is 0 Å². The Morgan fingerprint density at radius 3 is 2.10 bits per heavy atom. The number of nitrogens with zero attached hydrogens (tertiary/aromatic N) is 1. The largest absolute Gasteiger partial charge is 0.480 e. The second-order valence-electron chi connectivity index (χ2n) is 7.46. The van der Waals surface area contributed by atoms with Crippen LogP contribution in [0.3, 0.4) is 0 Å². The number of ether oxygens (including phenoxy) is 1. The van der Waals surface area contributed by atoms with E-state index in [1.54, 1.807) is 18.2 Å². The molecule has 0 aromatic heterocycles. The molecule has 5 nitrogen and oxygen atoms in total. The standard InChI is InChI=1S/C25H22FNO4/c26-23-12-6-1-7-17(23)13-14-27(15-24(28)29)25(30)31-16-22-20-10-4-2-8-18(20)19-9-3-5-11-21(19)22/h1-12,22H,13-16H2,(H,28,29). The van der Waals surface area contributed by atoms with Gasteiger partial charge in [0.05, 0.1) is 0 Å². The van der Waals surface area contributed by atoms with Gasteiger partial charge in [-0.25, -0.2) is 9.18 Å². The van der Waals surface area contributed by atoms with E-state index < -0.39 is 18.6 Å². The van der Waals surface area contributed by atoms with Gasteiger partial charge in [0.1, 0.15) is 19.0 Å². The van der Waals surface area contributed by atoms with Gasteiger partial charge in [0.2, 0.25) is 0 Å². The maximum absolute atomic E-state index is 13.9. The summed E-state index contributed by atoms with van der Waals surface area (Å²) in [5, 5.41) is 9.20. The third-order valence-corrected chi connectivity index (χ3v) is 5.53. The average molecular weight is 419 g/mol. The molecule has 0 radical (unpaired) electrons. The van der Waals surface area contributed by atoms with Gasteiger partial charge in [-0.15, -0.1) is 0 Å². The molecule has 0 saturated carbocycles. The molecule has 1 aliphatic rings. The Balaban J connectivity index is 1.46. The number of carbonyl (C=O) groups excluding carboxylic acids is 1. The van der Waals surface area contributed by atoms with Gasteiger partial charge in [-0.2, -0.15) is 0 Å². The number of carbonyl (C=O) groups is 2. The van der Waals surface area contributed by atoms with E-state index in [4.69, 9.17) is 4.74 Å². The summed E-state index contributed by atoms with van der Waals surface area (Å²) in [5.41, 5.74) is 4.80. The number of carboxylic acid groups (broad SMARTS) is 1. The zero-order valence-electron chi connectivity index (χ0n) is 16.8. The van der Waals surface area contributed by atoms with Crippen molar-refractivity contribution in [1.82, 2.24) is 4.90 Å². The van der Waals surface area contributed by atoms with Gasteiger partial charge < -0.3 is 9.84 Å². The van der Waals surface area contributed by atoms with Crippen LogP contribution in [0, 0.1) is 5.82 Å². The lowest BCUT2D eigenvalue weighted by Gasteiger charge is -2.22. The summed E-state index contributed by atoms with van der Waals surface area (Å²) in [7, 11) is 0. The van der Waals surface area contributed by atoms with E-state index in [-0.39, 0.29) is 31.3 Å². The molecular weight excluding hydrogens is 397 g/mol. The van der Waals surface area contributed by atoms with Crippen molar-refractivity contribution in [3.8, 4) is 11.1 Å². The third-order valence-electron chi connectivity index (χ3n) is 5.53. The lowest BCUT2D eigenvalue weighted by atomic mass is 9.98. The molecule has 0 unspecified atom stereocenters. The first-order chi connectivity index (χ1) is 15.0. The van der Waals surface area contributed by atoms with Crippen molar-refractivity contribution in [3.05, 3.63) is 95.3 Å². The first-order valence-electron chi connectivity index (χ1n) is 10.1. The molecule has 0 heterocycles. The van der Waals surface area contributed by atoms with E-state index in [0.717, 1.165) is 27.2 Å². The number of amides is 1. The first kappa shape index (κ1) is 20.6. The predicted octanol–water partition coefficient (Wildman–Crippen LogP) is 4.70. The van der Waals surface area contributed by atoms with Crippen molar-refractivity contribution in [2.75, 3.05) is 19.7 Å². The monoisotopic (exact) mass is 419 g/mol. The summed E-state index contributed by atoms with van der Waals surface area (Å²) in [6, 6.07) is 22.2. The van der Waals surface area contributed by atoms with Gasteiger partial charge in [0, 0.05) is 12.5 Å². The van der Waals surface area contributed by atoms with E-state index in [1.807, 2.05) is 48.5 Å². The van der Waals surface area contributed by atoms with Crippen molar-refractivity contribution in [1.29, 1.82) is 0 Å². The molecule has 4 rings (SSSR count). The van der Waals surface area contributed by atoms with Crippen LogP contribution in [-0.4, -0.2) is 41.8 Å². The Bertz CT molecular complexity index is 1070. The van der Waals surface area contributed by atoms with Crippen LogP contribution < -0.4 is 0 Å². The molecule has 1 amide bonds. The molecule has 0 fully saturated rings. The number of hydrogen-bond acceptors (Lipinski definition) is 3. The summed E-state index contributed by atoms with van der Waals surface area (Å²) >= 11 is 0. The van der Waals surface area contributed by atoms with Crippen molar-refractivity contribution in [3.63, 3.8) is 0 Å². The predicted molar refractivity (Wildman–Crippen MR) is 114 cm³/mol. The fraction of sp³-hybridized carbons (Fsp3) is 0.200. The maximum atomic E-state index is 13.9. The van der Waals surface area contributed by atoms with Crippen molar-refractivity contribution in [2.45, 2.75) is 12.3 Å². The molecule has 1 N–H and O–H groups in total. The molecule has 0 bridgehead atoms. The lowest BCUT2D eigenvalue weighted by molar-refractivity contribution is -0.138. The molecular formula is C25H22FNO4. The zero-order chi connectivity index (χ0) is 21.8. The van der Waals surface area contributed by atoms with Gasteiger partial charge in [0.25, 0.3) is 0 Å². The molecule has 0 aliphatic heterocycles. The second kappa shape index (κ2) is 9.00. The minimum absolute atomic E-state index is 0.0455. The third kappa shape index (κ3) is 4.43. The summed E-state index contributed by atoms with van der Waals surface area (Å²) < 4.78 is 19.4. The van der Waals surface area contributed by atoms with Crippen molar-refractivity contribution in [2.24, 2.45) is 0 Å². The minimum Gasteiger partial charge on any atom is -0.480 e. The van der Waals surface area contributed by atoms with Gasteiger partial charge >= 0.3 is 12.1 Å². The fourth-order valence-electron chi connectivity index (χ4n) is 4.04. The topological polar surface area (TPSA) is 66.8 Å².